The van der Waals surface area contributed by atoms with E-state index in [0.29, 0.717) is 15.9 Å². The predicted octanol–water partition coefficient (Wildman–Crippen LogP) is 3.94. The monoisotopic (exact) mass is 339 g/mol. The van der Waals surface area contributed by atoms with Crippen LogP contribution in [0.3, 0.4) is 0 Å². The molecule has 0 aliphatic rings. The molecule has 0 spiro atoms. The molecule has 118 valence electrons. The third-order valence-corrected chi connectivity index (χ3v) is 4.04. The second-order valence-electron chi connectivity index (χ2n) is 4.75. The Morgan fingerprint density at radius 3 is 2.77 bits per heavy atom. The minimum Gasteiger partial charge on any atom is -0.484 e. The summed E-state index contributed by atoms with van der Waals surface area (Å²) >= 11 is 7.19. The predicted molar refractivity (Wildman–Crippen MR) is 88.7 cm³/mol. The number of ether oxygens (including phenoxy) is 1. The van der Waals surface area contributed by atoms with Crippen LogP contribution < -0.4 is 10.1 Å². The third kappa shape index (κ3) is 5.61. The lowest BCUT2D eigenvalue weighted by Crippen LogP contribution is -2.20. The number of halogens is 1. The van der Waals surface area contributed by atoms with E-state index < -0.39 is 0 Å². The van der Waals surface area contributed by atoms with Crippen LogP contribution in [0, 0.1) is 0 Å². The molecule has 0 aliphatic heterocycles. The molecule has 1 aromatic heterocycles. The first-order chi connectivity index (χ1) is 10.7. The van der Waals surface area contributed by atoms with Crippen LogP contribution in [0.15, 0.2) is 24.3 Å². The van der Waals surface area contributed by atoms with E-state index in [9.17, 15) is 4.79 Å². The third-order valence-electron chi connectivity index (χ3n) is 2.89. The Morgan fingerprint density at radius 2 is 2.05 bits per heavy atom. The number of rotatable bonds is 8. The number of aromatic nitrogens is 2. The summed E-state index contributed by atoms with van der Waals surface area (Å²) in [6, 6.07) is 6.85. The highest BCUT2D eigenvalue weighted by molar-refractivity contribution is 7.15. The highest BCUT2D eigenvalue weighted by Gasteiger charge is 2.09. The van der Waals surface area contributed by atoms with Gasteiger partial charge in [-0.25, -0.2) is 0 Å². The number of benzene rings is 1. The Hall–Kier alpha value is -1.66. The van der Waals surface area contributed by atoms with E-state index in [1.165, 1.54) is 24.2 Å². The van der Waals surface area contributed by atoms with Crippen molar-refractivity contribution in [2.45, 2.75) is 32.6 Å². The van der Waals surface area contributed by atoms with Crippen molar-refractivity contribution in [2.75, 3.05) is 11.9 Å². The molecule has 7 heteroatoms. The number of hydrogen-bond donors (Lipinski definition) is 1. The number of carbonyl (C=O) groups excluding carboxylic acids is 1. The second-order valence-corrected chi connectivity index (χ2v) is 6.25. The number of anilines is 1. The van der Waals surface area contributed by atoms with Gasteiger partial charge in [0.15, 0.2) is 6.61 Å². The molecule has 2 rings (SSSR count). The number of unbranched alkanes of at least 4 members (excludes halogenated alkanes) is 2. The minimum absolute atomic E-state index is 0.0770. The number of nitrogens with one attached hydrogen (secondary N) is 1. The highest BCUT2D eigenvalue weighted by atomic mass is 35.5. The summed E-state index contributed by atoms with van der Waals surface area (Å²) in [5.74, 6) is 0.336. The van der Waals surface area contributed by atoms with Gasteiger partial charge in [0.2, 0.25) is 5.13 Å². The zero-order chi connectivity index (χ0) is 15.8. The maximum absolute atomic E-state index is 11.8. The Labute approximate surface area is 138 Å². The summed E-state index contributed by atoms with van der Waals surface area (Å²) in [6.45, 7) is 2.08. The molecule has 1 amide bonds. The van der Waals surface area contributed by atoms with E-state index in [0.717, 1.165) is 17.8 Å². The van der Waals surface area contributed by atoms with Crippen LogP contribution in [-0.2, 0) is 11.2 Å². The minimum atomic E-state index is -0.258. The molecule has 1 N–H and O–H groups in total. The molecule has 0 bridgehead atoms. The maximum Gasteiger partial charge on any atom is 0.264 e. The molecule has 0 fully saturated rings. The second kappa shape index (κ2) is 8.70. The van der Waals surface area contributed by atoms with Crippen molar-refractivity contribution < 1.29 is 9.53 Å². The zero-order valence-electron chi connectivity index (χ0n) is 12.3. The van der Waals surface area contributed by atoms with Crippen LogP contribution in [-0.4, -0.2) is 22.7 Å². The van der Waals surface area contributed by atoms with E-state index in [1.807, 2.05) is 0 Å². The van der Waals surface area contributed by atoms with Crippen molar-refractivity contribution in [1.29, 1.82) is 0 Å². The molecule has 22 heavy (non-hydrogen) atoms. The van der Waals surface area contributed by atoms with Gasteiger partial charge in [-0.2, -0.15) is 0 Å². The highest BCUT2D eigenvalue weighted by Crippen LogP contribution is 2.18. The van der Waals surface area contributed by atoms with Crippen LogP contribution in [0.4, 0.5) is 5.13 Å². The quantitative estimate of drug-likeness (QED) is 0.740. The van der Waals surface area contributed by atoms with E-state index >= 15 is 0 Å². The van der Waals surface area contributed by atoms with Gasteiger partial charge in [0, 0.05) is 11.4 Å². The maximum atomic E-state index is 11.8. The number of nitrogens with zero attached hydrogens (tertiary/aromatic N) is 2. The Kier molecular flexibility index (Phi) is 6.61. The molecule has 0 radical (unpaired) electrons. The van der Waals surface area contributed by atoms with Crippen molar-refractivity contribution in [2.24, 2.45) is 0 Å². The molecular formula is C15H18ClN3O2S. The van der Waals surface area contributed by atoms with Crippen molar-refractivity contribution >= 4 is 34.0 Å². The average molecular weight is 340 g/mol. The molecule has 0 unspecified atom stereocenters. The SMILES string of the molecule is CCCCCc1nnc(NC(=O)COc2ccc(Cl)cc2)s1. The number of amides is 1. The Bertz CT molecular complexity index is 601. The summed E-state index contributed by atoms with van der Waals surface area (Å²) in [4.78, 5) is 11.8. The largest absolute Gasteiger partial charge is 0.484 e. The van der Waals surface area contributed by atoms with Crippen LogP contribution in [0.5, 0.6) is 5.75 Å². The smallest absolute Gasteiger partial charge is 0.264 e. The lowest BCUT2D eigenvalue weighted by atomic mass is 10.2. The summed E-state index contributed by atoms with van der Waals surface area (Å²) < 4.78 is 5.37. The first kappa shape index (κ1) is 16.7. The van der Waals surface area contributed by atoms with Crippen LogP contribution in [0.25, 0.3) is 0 Å². The van der Waals surface area contributed by atoms with Crippen molar-refractivity contribution in [3.05, 3.63) is 34.3 Å². The fraction of sp³-hybridized carbons (Fsp3) is 0.400. The molecule has 0 aliphatic carbocycles. The topological polar surface area (TPSA) is 64.1 Å². The van der Waals surface area contributed by atoms with Gasteiger partial charge in [0.25, 0.3) is 5.91 Å². The number of aryl methyl sites for hydroxylation is 1. The van der Waals surface area contributed by atoms with Gasteiger partial charge in [0.05, 0.1) is 0 Å². The van der Waals surface area contributed by atoms with E-state index in [4.69, 9.17) is 16.3 Å². The van der Waals surface area contributed by atoms with Gasteiger partial charge in [-0.15, -0.1) is 10.2 Å². The van der Waals surface area contributed by atoms with E-state index in [2.05, 4.69) is 22.4 Å². The van der Waals surface area contributed by atoms with Crippen LogP contribution in [0.2, 0.25) is 5.02 Å². The summed E-state index contributed by atoms with van der Waals surface area (Å²) in [5.41, 5.74) is 0. The summed E-state index contributed by atoms with van der Waals surface area (Å²) in [5, 5.41) is 12.8. The number of carbonyl (C=O) groups is 1. The van der Waals surface area contributed by atoms with E-state index in [-0.39, 0.29) is 12.5 Å². The van der Waals surface area contributed by atoms with Gasteiger partial charge < -0.3 is 4.74 Å². The molecule has 0 saturated heterocycles. The standard InChI is InChI=1S/C15H18ClN3O2S/c1-2-3-4-5-14-18-19-15(22-14)17-13(20)10-21-12-8-6-11(16)7-9-12/h6-9H,2-5,10H2,1H3,(H,17,19,20). The van der Waals surface area contributed by atoms with Gasteiger partial charge in [0.1, 0.15) is 10.8 Å². The Morgan fingerprint density at radius 1 is 1.27 bits per heavy atom. The van der Waals surface area contributed by atoms with Crippen molar-refractivity contribution in [1.82, 2.24) is 10.2 Å². The zero-order valence-corrected chi connectivity index (χ0v) is 13.9. The molecule has 1 heterocycles. The van der Waals surface area contributed by atoms with Crippen molar-refractivity contribution in [3.63, 3.8) is 0 Å². The summed E-state index contributed by atoms with van der Waals surface area (Å²) in [6.07, 6.45) is 4.35. The fourth-order valence-electron chi connectivity index (χ4n) is 1.77. The molecule has 5 nitrogen and oxygen atoms in total. The van der Waals surface area contributed by atoms with Crippen LogP contribution in [0.1, 0.15) is 31.2 Å². The van der Waals surface area contributed by atoms with Gasteiger partial charge in [-0.1, -0.05) is 42.7 Å². The van der Waals surface area contributed by atoms with Gasteiger partial charge in [-0.3, -0.25) is 10.1 Å². The number of hydrogen-bond acceptors (Lipinski definition) is 5. The Balaban J connectivity index is 1.75. The molecule has 1 aromatic carbocycles. The molecule has 0 atom stereocenters. The molecule has 0 saturated carbocycles. The first-order valence-electron chi connectivity index (χ1n) is 7.18. The lowest BCUT2D eigenvalue weighted by molar-refractivity contribution is -0.118. The molecular weight excluding hydrogens is 322 g/mol. The lowest BCUT2D eigenvalue weighted by Gasteiger charge is -2.05. The van der Waals surface area contributed by atoms with Gasteiger partial charge >= 0.3 is 0 Å². The average Bonchev–Trinajstić information content (AvgIpc) is 2.94. The first-order valence-corrected chi connectivity index (χ1v) is 8.37. The van der Waals surface area contributed by atoms with Gasteiger partial charge in [-0.05, 0) is 30.7 Å². The van der Waals surface area contributed by atoms with Crippen LogP contribution >= 0.6 is 22.9 Å². The normalized spacial score (nSPS) is 10.5. The van der Waals surface area contributed by atoms with Crippen molar-refractivity contribution in [3.8, 4) is 5.75 Å². The molecule has 2 aromatic rings. The summed E-state index contributed by atoms with van der Waals surface area (Å²) in [7, 11) is 0. The fourth-order valence-corrected chi connectivity index (χ4v) is 2.69. The van der Waals surface area contributed by atoms with E-state index in [1.54, 1.807) is 24.3 Å².